The smallest absolute Gasteiger partial charge is 0.148 e. The highest BCUT2D eigenvalue weighted by Crippen LogP contribution is 2.41. The molecule has 0 bridgehead atoms. The molecule has 0 fully saturated rings. The summed E-state index contributed by atoms with van der Waals surface area (Å²) in [4.78, 5) is 7.02. The van der Waals surface area contributed by atoms with E-state index < -0.39 is 9.68 Å². The second kappa shape index (κ2) is 13.5. The van der Waals surface area contributed by atoms with E-state index in [0.29, 0.717) is 0 Å². The minimum absolute atomic E-state index is 0.983. The summed E-state index contributed by atoms with van der Waals surface area (Å²) < 4.78 is 0. The molecule has 0 heterocycles. The molecule has 6 aromatic carbocycles. The topological polar surface area (TPSA) is 35.7 Å². The van der Waals surface area contributed by atoms with Crippen molar-refractivity contribution in [2.24, 2.45) is 5.40 Å². The summed E-state index contributed by atoms with van der Waals surface area (Å²) in [6.07, 6.45) is 0. The molecule has 6 aromatic rings. The molecule has 0 aromatic heterocycles. The standard InChI is InChI=1S/C38H34N4Si/c39-43-38(42(35-27-15-5-16-28-35)36-29-17-6-18-30-36)37(40(31-19-7-1-8-20-31)32-21-9-2-10-22-32)41(33-23-11-3-12-24-33)34-25-13-4-14-26-34/h1-30H,39,43H2. The molecule has 0 saturated heterocycles. The highest BCUT2D eigenvalue weighted by Gasteiger charge is 2.30. The average molecular weight is 575 g/mol. The van der Waals surface area contributed by atoms with Gasteiger partial charge in [-0.15, -0.1) is 0 Å². The molecular weight excluding hydrogens is 541 g/mol. The first-order valence-electron chi connectivity index (χ1n) is 14.5. The maximum Gasteiger partial charge on any atom is 0.148 e. The third-order valence-electron chi connectivity index (χ3n) is 7.23. The highest BCUT2D eigenvalue weighted by molar-refractivity contribution is 6.43. The zero-order valence-corrected chi connectivity index (χ0v) is 25.4. The van der Waals surface area contributed by atoms with E-state index >= 15 is 0 Å². The van der Waals surface area contributed by atoms with Crippen LogP contribution >= 0.6 is 0 Å². The van der Waals surface area contributed by atoms with Gasteiger partial charge >= 0.3 is 0 Å². The number of hydrogen-bond donors (Lipinski definition) is 1. The van der Waals surface area contributed by atoms with Crippen LogP contribution in [-0.2, 0) is 0 Å². The van der Waals surface area contributed by atoms with Gasteiger partial charge in [0.25, 0.3) is 0 Å². The van der Waals surface area contributed by atoms with Gasteiger partial charge in [0.2, 0.25) is 0 Å². The Morgan fingerprint density at radius 2 is 0.535 bits per heavy atom. The van der Waals surface area contributed by atoms with Gasteiger partial charge in [0.1, 0.15) is 15.5 Å². The van der Waals surface area contributed by atoms with Crippen LogP contribution in [0.3, 0.4) is 0 Å². The predicted octanol–water partition coefficient (Wildman–Crippen LogP) is 8.67. The van der Waals surface area contributed by atoms with Crippen molar-refractivity contribution >= 4 is 43.8 Å². The molecule has 0 amide bonds. The van der Waals surface area contributed by atoms with Gasteiger partial charge in [-0.3, -0.25) is 9.80 Å². The molecule has 0 atom stereocenters. The zero-order valence-electron chi connectivity index (χ0n) is 23.9. The summed E-state index contributed by atoms with van der Waals surface area (Å²) in [6.45, 7) is 0. The second-order valence-electron chi connectivity index (χ2n) is 9.99. The number of para-hydroxylation sites is 6. The largest absolute Gasteiger partial charge is 0.351 e. The third-order valence-corrected chi connectivity index (χ3v) is 8.25. The molecule has 0 unspecified atom stereocenters. The Morgan fingerprint density at radius 3 is 0.744 bits per heavy atom. The molecule has 0 saturated carbocycles. The SMILES string of the molecule is N[SiH2]C(=C(N(c1ccccc1)c1ccccc1)N(c1ccccc1)c1ccccc1)N(c1ccccc1)c1ccccc1. The van der Waals surface area contributed by atoms with Crippen LogP contribution < -0.4 is 20.1 Å². The van der Waals surface area contributed by atoms with Gasteiger partial charge < -0.3 is 10.3 Å². The van der Waals surface area contributed by atoms with Crippen molar-refractivity contribution in [2.75, 3.05) is 14.7 Å². The quantitative estimate of drug-likeness (QED) is 0.166. The Morgan fingerprint density at radius 1 is 0.326 bits per heavy atom. The van der Waals surface area contributed by atoms with Crippen molar-refractivity contribution in [3.05, 3.63) is 193 Å². The van der Waals surface area contributed by atoms with E-state index in [1.165, 1.54) is 0 Å². The zero-order chi connectivity index (χ0) is 29.3. The van der Waals surface area contributed by atoms with Gasteiger partial charge in [0.05, 0.1) is 5.32 Å². The molecule has 6 rings (SSSR count). The first-order chi connectivity index (χ1) is 21.3. The Hall–Kier alpha value is -5.36. The van der Waals surface area contributed by atoms with Crippen LogP contribution in [0, 0.1) is 0 Å². The monoisotopic (exact) mass is 574 g/mol. The minimum atomic E-state index is -1.34. The molecule has 0 spiro atoms. The van der Waals surface area contributed by atoms with E-state index in [-0.39, 0.29) is 0 Å². The normalized spacial score (nSPS) is 10.8. The summed E-state index contributed by atoms with van der Waals surface area (Å²) in [5.41, 5.74) is 6.29. The number of benzene rings is 6. The van der Waals surface area contributed by atoms with Gasteiger partial charge in [-0.05, 0) is 72.8 Å². The lowest BCUT2D eigenvalue weighted by molar-refractivity contribution is 1.02. The Kier molecular flexibility index (Phi) is 8.75. The molecule has 0 aliphatic carbocycles. The van der Waals surface area contributed by atoms with Crippen LogP contribution in [0.4, 0.5) is 34.1 Å². The summed E-state index contributed by atoms with van der Waals surface area (Å²) in [5, 5.41) is 8.09. The first-order valence-corrected chi connectivity index (χ1v) is 16.0. The summed E-state index contributed by atoms with van der Waals surface area (Å²) in [5.74, 6) is 0.983. The summed E-state index contributed by atoms with van der Waals surface area (Å²) in [6, 6.07) is 63.2. The lowest BCUT2D eigenvalue weighted by Gasteiger charge is -2.40. The van der Waals surface area contributed by atoms with Crippen molar-refractivity contribution in [1.82, 2.24) is 0 Å². The fourth-order valence-corrected chi connectivity index (χ4v) is 6.40. The van der Waals surface area contributed by atoms with Crippen LogP contribution in [0.1, 0.15) is 0 Å². The van der Waals surface area contributed by atoms with Crippen LogP contribution in [0.2, 0.25) is 0 Å². The van der Waals surface area contributed by atoms with Crippen molar-refractivity contribution < 1.29 is 0 Å². The molecule has 0 aliphatic rings. The van der Waals surface area contributed by atoms with Gasteiger partial charge in [-0.2, -0.15) is 0 Å². The number of hydrogen-bond acceptors (Lipinski definition) is 4. The molecule has 0 aliphatic heterocycles. The van der Waals surface area contributed by atoms with E-state index in [9.17, 15) is 0 Å². The fourth-order valence-electron chi connectivity index (χ4n) is 5.35. The maximum absolute atomic E-state index is 7.02. The maximum atomic E-state index is 7.02. The lowest BCUT2D eigenvalue weighted by Crippen LogP contribution is -2.38. The molecular formula is C38H34N4Si. The van der Waals surface area contributed by atoms with E-state index in [0.717, 1.165) is 45.3 Å². The molecule has 5 heteroatoms. The Labute approximate surface area is 256 Å². The van der Waals surface area contributed by atoms with Crippen molar-refractivity contribution in [3.63, 3.8) is 0 Å². The first kappa shape index (κ1) is 27.8. The molecule has 210 valence electrons. The van der Waals surface area contributed by atoms with Crippen LogP contribution in [0.15, 0.2) is 193 Å². The Bertz CT molecular complexity index is 1530. The number of nitrogens with zero attached hydrogens (tertiary/aromatic N) is 3. The highest BCUT2D eigenvalue weighted by atomic mass is 28.2. The van der Waals surface area contributed by atoms with Crippen molar-refractivity contribution in [1.29, 1.82) is 0 Å². The fraction of sp³-hybridized carbons (Fsp3) is 0. The minimum Gasteiger partial charge on any atom is -0.351 e. The van der Waals surface area contributed by atoms with E-state index in [4.69, 9.17) is 5.40 Å². The van der Waals surface area contributed by atoms with Gasteiger partial charge in [-0.25, -0.2) is 0 Å². The third kappa shape index (κ3) is 6.14. The predicted molar refractivity (Wildman–Crippen MR) is 185 cm³/mol. The molecule has 4 nitrogen and oxygen atoms in total. The number of nitrogens with two attached hydrogens (primary N) is 1. The van der Waals surface area contributed by atoms with E-state index in [1.807, 2.05) is 0 Å². The lowest BCUT2D eigenvalue weighted by atomic mass is 10.2. The van der Waals surface area contributed by atoms with Crippen LogP contribution in [0.25, 0.3) is 0 Å². The molecule has 0 radical (unpaired) electrons. The summed E-state index contributed by atoms with van der Waals surface area (Å²) >= 11 is 0. The number of rotatable bonds is 10. The Balaban J connectivity index is 1.75. The second-order valence-corrected chi connectivity index (χ2v) is 11.1. The van der Waals surface area contributed by atoms with Crippen molar-refractivity contribution in [2.45, 2.75) is 0 Å². The van der Waals surface area contributed by atoms with Crippen LogP contribution in [0.5, 0.6) is 0 Å². The average Bonchev–Trinajstić information content (AvgIpc) is 3.09. The molecule has 2 N–H and O–H groups in total. The summed E-state index contributed by atoms with van der Waals surface area (Å²) in [7, 11) is -1.34. The van der Waals surface area contributed by atoms with E-state index in [1.54, 1.807) is 0 Å². The molecule has 43 heavy (non-hydrogen) atoms. The van der Waals surface area contributed by atoms with E-state index in [2.05, 4.69) is 197 Å². The van der Waals surface area contributed by atoms with Gasteiger partial charge in [-0.1, -0.05) is 109 Å². The van der Waals surface area contributed by atoms with Gasteiger partial charge in [0, 0.05) is 34.1 Å². The van der Waals surface area contributed by atoms with Crippen molar-refractivity contribution in [3.8, 4) is 0 Å². The van der Waals surface area contributed by atoms with Crippen LogP contribution in [-0.4, -0.2) is 9.68 Å². The number of anilines is 6. The van der Waals surface area contributed by atoms with Gasteiger partial charge in [0.15, 0.2) is 0 Å².